The minimum absolute atomic E-state index is 0.173. The van der Waals surface area contributed by atoms with Crippen LogP contribution in [-0.2, 0) is 4.79 Å². The zero-order valence-corrected chi connectivity index (χ0v) is 14.6. The minimum atomic E-state index is -0.173. The van der Waals surface area contributed by atoms with Gasteiger partial charge in [0, 0.05) is 10.0 Å². The summed E-state index contributed by atoms with van der Waals surface area (Å²) in [5.74, 6) is 0.540. The van der Waals surface area contributed by atoms with Crippen LogP contribution in [-0.4, -0.2) is 16.8 Å². The molecule has 2 rings (SSSR count). The molecule has 1 amide bonds. The SMILES string of the molecule is CCOc1c(Br)cc(Br)cc1/C=C1/SC(=S)NC1=O. The van der Waals surface area contributed by atoms with Gasteiger partial charge in [-0.3, -0.25) is 4.79 Å². The number of nitrogens with one attached hydrogen (secondary N) is 1. The third-order valence-electron chi connectivity index (χ3n) is 2.25. The summed E-state index contributed by atoms with van der Waals surface area (Å²) in [6.07, 6.45) is 1.78. The summed E-state index contributed by atoms with van der Waals surface area (Å²) in [7, 11) is 0. The quantitative estimate of drug-likeness (QED) is 0.587. The molecule has 1 heterocycles. The second-order valence-electron chi connectivity index (χ2n) is 3.59. The van der Waals surface area contributed by atoms with E-state index in [-0.39, 0.29) is 5.91 Å². The van der Waals surface area contributed by atoms with Crippen LogP contribution in [0.4, 0.5) is 0 Å². The zero-order valence-electron chi connectivity index (χ0n) is 9.83. The molecular formula is C12H9Br2NO2S2. The van der Waals surface area contributed by atoms with Crippen LogP contribution in [0, 0.1) is 0 Å². The summed E-state index contributed by atoms with van der Waals surface area (Å²) < 4.78 is 7.82. The molecule has 100 valence electrons. The number of thioether (sulfide) groups is 1. The Kier molecular flexibility index (Phi) is 5.05. The molecule has 0 spiro atoms. The maximum Gasteiger partial charge on any atom is 0.263 e. The van der Waals surface area contributed by atoms with Crippen LogP contribution in [0.2, 0.25) is 0 Å². The van der Waals surface area contributed by atoms with Gasteiger partial charge in [0.05, 0.1) is 16.0 Å². The molecule has 1 fully saturated rings. The Hall–Kier alpha value is -0.370. The average molecular weight is 423 g/mol. The zero-order chi connectivity index (χ0) is 14.0. The third kappa shape index (κ3) is 3.59. The number of rotatable bonds is 3. The van der Waals surface area contributed by atoms with Crippen LogP contribution in [0.5, 0.6) is 5.75 Å². The van der Waals surface area contributed by atoms with Crippen LogP contribution in [0.1, 0.15) is 12.5 Å². The Morgan fingerprint density at radius 2 is 2.21 bits per heavy atom. The molecule has 0 unspecified atom stereocenters. The van der Waals surface area contributed by atoms with Gasteiger partial charge in [0.1, 0.15) is 10.1 Å². The van der Waals surface area contributed by atoms with Crippen LogP contribution in [0.15, 0.2) is 26.0 Å². The third-order valence-corrected chi connectivity index (χ3v) is 4.46. The number of amides is 1. The molecule has 0 radical (unpaired) electrons. The van der Waals surface area contributed by atoms with Crippen LogP contribution < -0.4 is 10.1 Å². The van der Waals surface area contributed by atoms with E-state index in [1.54, 1.807) is 6.08 Å². The molecule has 7 heteroatoms. The number of thiocarbonyl (C=S) groups is 1. The van der Waals surface area contributed by atoms with Crippen molar-refractivity contribution in [1.82, 2.24) is 5.32 Å². The second kappa shape index (κ2) is 6.39. The maximum absolute atomic E-state index is 11.7. The smallest absolute Gasteiger partial charge is 0.263 e. The van der Waals surface area contributed by atoms with E-state index in [1.165, 1.54) is 11.8 Å². The van der Waals surface area contributed by atoms with Gasteiger partial charge < -0.3 is 10.1 Å². The largest absolute Gasteiger partial charge is 0.492 e. The topological polar surface area (TPSA) is 38.3 Å². The Labute approximate surface area is 137 Å². The molecule has 1 aromatic carbocycles. The van der Waals surface area contributed by atoms with Gasteiger partial charge >= 0.3 is 0 Å². The number of carbonyl (C=O) groups excluding carboxylic acids is 1. The predicted molar refractivity (Wildman–Crippen MR) is 89.3 cm³/mol. The number of ether oxygens (including phenoxy) is 1. The van der Waals surface area contributed by atoms with Crippen molar-refractivity contribution in [3.8, 4) is 5.75 Å². The van der Waals surface area contributed by atoms with E-state index in [9.17, 15) is 4.79 Å². The van der Waals surface area contributed by atoms with Crippen LogP contribution in [0.25, 0.3) is 6.08 Å². The second-order valence-corrected chi connectivity index (χ2v) is 7.08. The standard InChI is InChI=1S/C12H9Br2NO2S2/c1-2-17-10-6(3-7(13)5-8(10)14)4-9-11(16)15-12(18)19-9/h3-5H,2H2,1H3,(H,15,16,18)/b9-4+. The predicted octanol–water partition coefficient (Wildman–Crippen LogP) is 4.10. The number of halogens is 2. The lowest BCUT2D eigenvalue weighted by atomic mass is 10.2. The normalized spacial score (nSPS) is 16.9. The van der Waals surface area contributed by atoms with Crippen molar-refractivity contribution in [2.24, 2.45) is 0 Å². The molecule has 1 aliphatic rings. The molecule has 0 atom stereocenters. The fraction of sp³-hybridized carbons (Fsp3) is 0.167. The molecule has 1 aliphatic heterocycles. The van der Waals surface area contributed by atoms with Gasteiger partial charge in [-0.25, -0.2) is 0 Å². The molecule has 19 heavy (non-hydrogen) atoms. The molecule has 1 aromatic rings. The van der Waals surface area contributed by atoms with E-state index >= 15 is 0 Å². The highest BCUT2D eigenvalue weighted by Crippen LogP contribution is 2.36. The van der Waals surface area contributed by atoms with Gasteiger partial charge in [-0.15, -0.1) is 0 Å². The number of benzene rings is 1. The van der Waals surface area contributed by atoms with Crippen molar-refractivity contribution in [3.05, 3.63) is 31.5 Å². The van der Waals surface area contributed by atoms with E-state index < -0.39 is 0 Å². The van der Waals surface area contributed by atoms with Gasteiger partial charge in [0.2, 0.25) is 0 Å². The van der Waals surface area contributed by atoms with E-state index in [1.807, 2.05) is 19.1 Å². The first-order valence-electron chi connectivity index (χ1n) is 5.38. The lowest BCUT2D eigenvalue weighted by molar-refractivity contribution is -0.115. The Morgan fingerprint density at radius 3 is 2.79 bits per heavy atom. The van der Waals surface area contributed by atoms with E-state index in [2.05, 4.69) is 37.2 Å². The molecule has 0 aliphatic carbocycles. The first-order valence-corrected chi connectivity index (χ1v) is 8.19. The highest BCUT2D eigenvalue weighted by Gasteiger charge is 2.23. The summed E-state index contributed by atoms with van der Waals surface area (Å²) >= 11 is 13.1. The fourth-order valence-electron chi connectivity index (χ4n) is 1.55. The molecule has 0 aromatic heterocycles. The summed E-state index contributed by atoms with van der Waals surface area (Å²) in [5.41, 5.74) is 0.824. The molecule has 0 saturated carbocycles. The average Bonchev–Trinajstić information content (AvgIpc) is 2.62. The van der Waals surface area contributed by atoms with Gasteiger partial charge in [-0.1, -0.05) is 39.9 Å². The van der Waals surface area contributed by atoms with Crippen molar-refractivity contribution in [2.75, 3.05) is 6.61 Å². The van der Waals surface area contributed by atoms with Gasteiger partial charge in [0.15, 0.2) is 0 Å². The molecule has 3 nitrogen and oxygen atoms in total. The molecule has 0 bridgehead atoms. The Morgan fingerprint density at radius 1 is 1.47 bits per heavy atom. The molecule has 1 N–H and O–H groups in total. The van der Waals surface area contributed by atoms with E-state index in [0.29, 0.717) is 21.6 Å². The summed E-state index contributed by atoms with van der Waals surface area (Å²) in [4.78, 5) is 12.2. The van der Waals surface area contributed by atoms with Crippen molar-refractivity contribution < 1.29 is 9.53 Å². The van der Waals surface area contributed by atoms with E-state index in [0.717, 1.165) is 14.5 Å². The van der Waals surface area contributed by atoms with Gasteiger partial charge in [-0.2, -0.15) is 0 Å². The monoisotopic (exact) mass is 421 g/mol. The maximum atomic E-state index is 11.7. The van der Waals surface area contributed by atoms with E-state index in [4.69, 9.17) is 17.0 Å². The van der Waals surface area contributed by atoms with Gasteiger partial charge in [-0.05, 0) is 41.1 Å². The van der Waals surface area contributed by atoms with Crippen molar-refractivity contribution in [1.29, 1.82) is 0 Å². The molecular weight excluding hydrogens is 414 g/mol. The first-order chi connectivity index (χ1) is 9.01. The Bertz CT molecular complexity index is 587. The van der Waals surface area contributed by atoms with Crippen LogP contribution in [0.3, 0.4) is 0 Å². The lowest BCUT2D eigenvalue weighted by Crippen LogP contribution is -2.17. The van der Waals surface area contributed by atoms with Crippen molar-refractivity contribution in [3.63, 3.8) is 0 Å². The van der Waals surface area contributed by atoms with Crippen molar-refractivity contribution >= 4 is 72.1 Å². The summed E-state index contributed by atoms with van der Waals surface area (Å²) in [5, 5.41) is 2.59. The highest BCUT2D eigenvalue weighted by atomic mass is 79.9. The number of hydrogen-bond donors (Lipinski definition) is 1. The first kappa shape index (κ1) is 15.0. The Balaban J connectivity index is 2.46. The summed E-state index contributed by atoms with van der Waals surface area (Å²) in [6.45, 7) is 2.46. The minimum Gasteiger partial charge on any atom is -0.492 e. The number of hydrogen-bond acceptors (Lipinski definition) is 4. The highest BCUT2D eigenvalue weighted by molar-refractivity contribution is 9.11. The lowest BCUT2D eigenvalue weighted by Gasteiger charge is -2.10. The fourth-order valence-corrected chi connectivity index (χ4v) is 3.95. The van der Waals surface area contributed by atoms with Gasteiger partial charge in [0.25, 0.3) is 5.91 Å². The van der Waals surface area contributed by atoms with Crippen LogP contribution >= 0.6 is 55.8 Å². The summed E-state index contributed by atoms with van der Waals surface area (Å²) in [6, 6.07) is 3.80. The molecule has 1 saturated heterocycles. The van der Waals surface area contributed by atoms with Crippen molar-refractivity contribution in [2.45, 2.75) is 6.92 Å². The number of carbonyl (C=O) groups is 1.